The van der Waals surface area contributed by atoms with Crippen LogP contribution in [0.5, 0.6) is 0 Å². The third-order valence-electron chi connectivity index (χ3n) is 3.22. The standard InChI is InChI=1S/C16H22N4S.HI/c1-10(2)13-6-5-7-14(8-13)20-16(17)18-9-15-11(3)21-12(4)19-15;/h5-8,10H,9H2,1-4H3,(H3,17,18,20);1H. The first kappa shape index (κ1) is 18.9. The highest BCUT2D eigenvalue weighted by atomic mass is 127. The van der Waals surface area contributed by atoms with E-state index >= 15 is 0 Å². The average molecular weight is 430 g/mol. The van der Waals surface area contributed by atoms with Gasteiger partial charge in [0.05, 0.1) is 17.2 Å². The maximum Gasteiger partial charge on any atom is 0.193 e. The number of thiazole rings is 1. The lowest BCUT2D eigenvalue weighted by Gasteiger charge is -2.09. The minimum atomic E-state index is 0. The summed E-state index contributed by atoms with van der Waals surface area (Å²) in [5.74, 6) is 0.909. The third-order valence-corrected chi connectivity index (χ3v) is 4.15. The van der Waals surface area contributed by atoms with Crippen LogP contribution in [-0.4, -0.2) is 10.9 Å². The first-order valence-corrected chi connectivity index (χ1v) is 7.87. The number of aliphatic imine (C=N–C) groups is 1. The number of aromatic nitrogens is 1. The van der Waals surface area contributed by atoms with Crippen LogP contribution in [0.1, 0.15) is 40.9 Å². The van der Waals surface area contributed by atoms with Crippen molar-refractivity contribution in [3.05, 3.63) is 45.4 Å². The molecule has 0 spiro atoms. The number of hydrogen-bond donors (Lipinski definition) is 2. The summed E-state index contributed by atoms with van der Waals surface area (Å²) in [5.41, 5.74) is 9.19. The summed E-state index contributed by atoms with van der Waals surface area (Å²) in [6, 6.07) is 8.24. The van der Waals surface area contributed by atoms with Crippen molar-refractivity contribution < 1.29 is 0 Å². The Labute approximate surface area is 153 Å². The van der Waals surface area contributed by atoms with Crippen molar-refractivity contribution in [1.82, 2.24) is 4.98 Å². The summed E-state index contributed by atoms with van der Waals surface area (Å²) in [5, 5.41) is 4.20. The van der Waals surface area contributed by atoms with E-state index in [1.54, 1.807) is 11.3 Å². The highest BCUT2D eigenvalue weighted by Gasteiger charge is 2.05. The summed E-state index contributed by atoms with van der Waals surface area (Å²) < 4.78 is 0. The summed E-state index contributed by atoms with van der Waals surface area (Å²) >= 11 is 1.69. The first-order chi connectivity index (χ1) is 9.95. The second kappa shape index (κ2) is 8.47. The molecule has 0 aliphatic rings. The van der Waals surface area contributed by atoms with Gasteiger partial charge < -0.3 is 11.1 Å². The van der Waals surface area contributed by atoms with Crippen LogP contribution in [0.15, 0.2) is 29.3 Å². The van der Waals surface area contributed by atoms with Crippen molar-refractivity contribution in [1.29, 1.82) is 0 Å². The molecule has 0 atom stereocenters. The van der Waals surface area contributed by atoms with Gasteiger partial charge in [-0.1, -0.05) is 26.0 Å². The molecular formula is C16H23IN4S. The van der Waals surface area contributed by atoms with Gasteiger partial charge >= 0.3 is 0 Å². The van der Waals surface area contributed by atoms with Crippen molar-refractivity contribution in [2.75, 3.05) is 5.32 Å². The van der Waals surface area contributed by atoms with E-state index in [0.29, 0.717) is 18.4 Å². The topological polar surface area (TPSA) is 63.3 Å². The fraction of sp³-hybridized carbons (Fsp3) is 0.375. The zero-order valence-electron chi connectivity index (χ0n) is 13.4. The maximum absolute atomic E-state index is 5.95. The smallest absolute Gasteiger partial charge is 0.193 e. The molecular weight excluding hydrogens is 407 g/mol. The lowest BCUT2D eigenvalue weighted by atomic mass is 10.0. The van der Waals surface area contributed by atoms with Gasteiger partial charge in [0.15, 0.2) is 5.96 Å². The van der Waals surface area contributed by atoms with Gasteiger partial charge in [0.25, 0.3) is 0 Å². The molecule has 0 radical (unpaired) electrons. The van der Waals surface area contributed by atoms with Crippen LogP contribution >= 0.6 is 35.3 Å². The van der Waals surface area contributed by atoms with Crippen LogP contribution < -0.4 is 11.1 Å². The molecule has 0 bridgehead atoms. The number of hydrogen-bond acceptors (Lipinski definition) is 3. The average Bonchev–Trinajstić information content (AvgIpc) is 2.75. The Morgan fingerprint density at radius 1 is 1.36 bits per heavy atom. The highest BCUT2D eigenvalue weighted by molar-refractivity contribution is 14.0. The molecule has 2 rings (SSSR count). The Balaban J connectivity index is 0.00000242. The molecule has 1 aromatic carbocycles. The van der Waals surface area contributed by atoms with E-state index in [0.717, 1.165) is 16.4 Å². The molecule has 0 aliphatic carbocycles. The molecule has 0 fully saturated rings. The van der Waals surface area contributed by atoms with E-state index in [4.69, 9.17) is 5.73 Å². The van der Waals surface area contributed by atoms with Gasteiger partial charge in [-0.15, -0.1) is 35.3 Å². The molecule has 1 aromatic heterocycles. The number of halogens is 1. The Bertz CT molecular complexity index is 649. The van der Waals surface area contributed by atoms with E-state index in [2.05, 4.69) is 48.2 Å². The van der Waals surface area contributed by atoms with Crippen LogP contribution in [0, 0.1) is 13.8 Å². The van der Waals surface area contributed by atoms with E-state index < -0.39 is 0 Å². The van der Waals surface area contributed by atoms with Gasteiger partial charge in [-0.3, -0.25) is 0 Å². The molecule has 0 saturated heterocycles. The molecule has 0 amide bonds. The van der Waals surface area contributed by atoms with Gasteiger partial charge in [0, 0.05) is 10.6 Å². The molecule has 22 heavy (non-hydrogen) atoms. The van der Waals surface area contributed by atoms with Crippen molar-refractivity contribution >= 4 is 47.0 Å². The van der Waals surface area contributed by atoms with E-state index in [9.17, 15) is 0 Å². The van der Waals surface area contributed by atoms with Gasteiger partial charge in [-0.05, 0) is 37.5 Å². The summed E-state index contributed by atoms with van der Waals surface area (Å²) in [6.45, 7) is 8.92. The Morgan fingerprint density at radius 3 is 2.68 bits per heavy atom. The number of guanidine groups is 1. The number of nitrogens with zero attached hydrogens (tertiary/aromatic N) is 2. The number of nitrogens with two attached hydrogens (primary N) is 1. The van der Waals surface area contributed by atoms with Crippen LogP contribution in [0.3, 0.4) is 0 Å². The zero-order valence-corrected chi connectivity index (χ0v) is 16.5. The van der Waals surface area contributed by atoms with Crippen molar-refractivity contribution in [2.45, 2.75) is 40.2 Å². The monoisotopic (exact) mass is 430 g/mol. The minimum absolute atomic E-state index is 0. The van der Waals surface area contributed by atoms with Gasteiger partial charge in [-0.2, -0.15) is 0 Å². The molecule has 4 nitrogen and oxygen atoms in total. The number of aryl methyl sites for hydroxylation is 2. The predicted octanol–water partition coefficient (Wildman–Crippen LogP) is 4.43. The molecule has 0 aliphatic heterocycles. The molecule has 120 valence electrons. The second-order valence-electron chi connectivity index (χ2n) is 5.34. The lowest BCUT2D eigenvalue weighted by Crippen LogP contribution is -2.22. The Hall–Kier alpha value is -1.15. The number of anilines is 1. The third kappa shape index (κ3) is 5.24. The van der Waals surface area contributed by atoms with Gasteiger partial charge in [-0.25, -0.2) is 9.98 Å². The lowest BCUT2D eigenvalue weighted by molar-refractivity contribution is 0.867. The maximum atomic E-state index is 5.95. The zero-order chi connectivity index (χ0) is 15.4. The number of rotatable bonds is 4. The van der Waals surface area contributed by atoms with Gasteiger partial charge in [0.1, 0.15) is 0 Å². The molecule has 3 N–H and O–H groups in total. The second-order valence-corrected chi connectivity index (χ2v) is 6.75. The van der Waals surface area contributed by atoms with Gasteiger partial charge in [0.2, 0.25) is 0 Å². The van der Waals surface area contributed by atoms with Crippen LogP contribution in [0.2, 0.25) is 0 Å². The molecule has 0 saturated carbocycles. The molecule has 1 heterocycles. The van der Waals surface area contributed by atoms with Crippen molar-refractivity contribution in [2.24, 2.45) is 10.7 Å². The Kier molecular flexibility index (Phi) is 7.28. The fourth-order valence-corrected chi connectivity index (χ4v) is 2.87. The van der Waals surface area contributed by atoms with Crippen molar-refractivity contribution in [3.63, 3.8) is 0 Å². The minimum Gasteiger partial charge on any atom is -0.370 e. The Morgan fingerprint density at radius 2 is 2.09 bits per heavy atom. The van der Waals surface area contributed by atoms with E-state index in [1.165, 1.54) is 10.4 Å². The first-order valence-electron chi connectivity index (χ1n) is 7.05. The highest BCUT2D eigenvalue weighted by Crippen LogP contribution is 2.19. The van der Waals surface area contributed by atoms with Crippen LogP contribution in [0.25, 0.3) is 0 Å². The number of benzene rings is 1. The molecule has 2 aromatic rings. The quantitative estimate of drug-likeness (QED) is 0.429. The number of nitrogens with one attached hydrogen (secondary N) is 1. The summed E-state index contributed by atoms with van der Waals surface area (Å²) in [7, 11) is 0. The van der Waals surface area contributed by atoms with Crippen molar-refractivity contribution in [3.8, 4) is 0 Å². The normalized spacial score (nSPS) is 11.4. The SMILES string of the molecule is Cc1nc(CN=C(N)Nc2cccc(C(C)C)c2)c(C)s1.I. The fourth-order valence-electron chi connectivity index (χ4n) is 2.04. The predicted molar refractivity (Wildman–Crippen MR) is 106 cm³/mol. The molecule has 0 unspecified atom stereocenters. The van der Waals surface area contributed by atoms with E-state index in [1.807, 2.05) is 19.1 Å². The van der Waals surface area contributed by atoms with E-state index in [-0.39, 0.29) is 24.0 Å². The van der Waals surface area contributed by atoms with Crippen LogP contribution in [0.4, 0.5) is 5.69 Å². The molecule has 6 heteroatoms. The largest absolute Gasteiger partial charge is 0.370 e. The van der Waals surface area contributed by atoms with Crippen LogP contribution in [-0.2, 0) is 6.54 Å². The summed E-state index contributed by atoms with van der Waals surface area (Å²) in [4.78, 5) is 10.0. The summed E-state index contributed by atoms with van der Waals surface area (Å²) in [6.07, 6.45) is 0.